The van der Waals surface area contributed by atoms with Gasteiger partial charge < -0.3 is 0 Å². The average molecular weight is 395 g/mol. The van der Waals surface area contributed by atoms with Crippen LogP contribution in [0.1, 0.15) is 11.3 Å². The molecule has 0 atom stereocenters. The lowest BCUT2D eigenvalue weighted by molar-refractivity contribution is 0.601. The molecule has 0 bridgehead atoms. The van der Waals surface area contributed by atoms with Crippen LogP contribution in [0.25, 0.3) is 11.0 Å². The summed E-state index contributed by atoms with van der Waals surface area (Å²) in [6.45, 7) is 3.70. The van der Waals surface area contributed by atoms with Crippen molar-refractivity contribution in [3.63, 3.8) is 0 Å². The molecule has 6 nitrogen and oxygen atoms in total. The zero-order valence-corrected chi connectivity index (χ0v) is 15.2. The molecule has 2 aromatic heterocycles. The minimum absolute atomic E-state index is 0.209. The van der Waals surface area contributed by atoms with E-state index in [9.17, 15) is 8.42 Å². The first-order valence-electron chi connectivity index (χ1n) is 6.86. The van der Waals surface area contributed by atoms with E-state index in [0.29, 0.717) is 11.3 Å². The van der Waals surface area contributed by atoms with Gasteiger partial charge in [0.05, 0.1) is 22.5 Å². The van der Waals surface area contributed by atoms with Crippen molar-refractivity contribution in [2.45, 2.75) is 18.7 Å². The maximum Gasteiger partial charge on any atom is 0.261 e. The molecule has 120 valence electrons. The predicted octanol–water partition coefficient (Wildman–Crippen LogP) is 3.15. The van der Waals surface area contributed by atoms with E-state index in [1.165, 1.54) is 6.20 Å². The maximum atomic E-state index is 12.5. The second-order valence-corrected chi connectivity index (χ2v) is 7.86. The van der Waals surface area contributed by atoms with E-state index in [4.69, 9.17) is 0 Å². The van der Waals surface area contributed by atoms with Crippen molar-refractivity contribution in [3.8, 4) is 0 Å². The van der Waals surface area contributed by atoms with Gasteiger partial charge in [-0.2, -0.15) is 5.10 Å². The van der Waals surface area contributed by atoms with Gasteiger partial charge in [0.2, 0.25) is 0 Å². The summed E-state index contributed by atoms with van der Waals surface area (Å²) in [4.78, 5) is 4.49. The third kappa shape index (κ3) is 2.96. The van der Waals surface area contributed by atoms with Crippen molar-refractivity contribution in [2.24, 2.45) is 7.05 Å². The highest BCUT2D eigenvalue weighted by atomic mass is 79.9. The Hall–Kier alpha value is -1.93. The molecule has 1 N–H and O–H groups in total. The van der Waals surface area contributed by atoms with Crippen molar-refractivity contribution in [3.05, 3.63) is 46.2 Å². The van der Waals surface area contributed by atoms with Gasteiger partial charge in [-0.1, -0.05) is 15.9 Å². The Morgan fingerprint density at radius 1 is 1.22 bits per heavy atom. The highest BCUT2D eigenvalue weighted by molar-refractivity contribution is 9.10. The second kappa shape index (κ2) is 5.61. The van der Waals surface area contributed by atoms with Gasteiger partial charge in [-0.3, -0.25) is 9.40 Å². The van der Waals surface area contributed by atoms with E-state index >= 15 is 0 Å². The number of nitrogens with one attached hydrogen (secondary N) is 1. The van der Waals surface area contributed by atoms with Crippen molar-refractivity contribution < 1.29 is 8.42 Å². The van der Waals surface area contributed by atoms with Crippen molar-refractivity contribution in [2.75, 3.05) is 4.72 Å². The second-order valence-electron chi connectivity index (χ2n) is 5.32. The lowest BCUT2D eigenvalue weighted by Gasteiger charge is -2.09. The largest absolute Gasteiger partial charge is 0.278 e. The number of pyridine rings is 1. The van der Waals surface area contributed by atoms with Crippen LogP contribution in [0, 0.1) is 13.8 Å². The molecule has 0 aliphatic heterocycles. The molecule has 0 radical (unpaired) electrons. The number of halogens is 1. The molecule has 0 unspecified atom stereocenters. The zero-order valence-electron chi connectivity index (χ0n) is 12.8. The molecule has 8 heteroatoms. The molecule has 1 aromatic carbocycles. The van der Waals surface area contributed by atoms with Crippen LogP contribution in [0.3, 0.4) is 0 Å². The van der Waals surface area contributed by atoms with Crippen LogP contribution in [0.5, 0.6) is 0 Å². The standard InChI is InChI=1S/C15H15BrN4O2S/c1-9-6-12(4-5-14(9)16)23(21,22)19-11-7-13-10(2)18-20(3)15(13)17-8-11/h4-8,19H,1-3H3. The highest BCUT2D eigenvalue weighted by Crippen LogP contribution is 2.24. The molecule has 3 rings (SSSR count). The molecular formula is C15H15BrN4O2S. The summed E-state index contributed by atoms with van der Waals surface area (Å²) in [6.07, 6.45) is 1.49. The van der Waals surface area contributed by atoms with Crippen LogP contribution < -0.4 is 4.72 Å². The Balaban J connectivity index is 1.99. The topological polar surface area (TPSA) is 76.9 Å². The molecular weight excluding hydrogens is 380 g/mol. The summed E-state index contributed by atoms with van der Waals surface area (Å²) in [5, 5.41) is 5.10. The SMILES string of the molecule is Cc1cc(S(=O)(=O)Nc2cnc3c(c2)c(C)nn3C)ccc1Br. The Kier molecular flexibility index (Phi) is 3.89. The molecule has 3 aromatic rings. The molecule has 0 fully saturated rings. The smallest absolute Gasteiger partial charge is 0.261 e. The van der Waals surface area contributed by atoms with E-state index in [-0.39, 0.29) is 4.90 Å². The van der Waals surface area contributed by atoms with Crippen LogP contribution in [0.4, 0.5) is 5.69 Å². The van der Waals surface area contributed by atoms with Crippen LogP contribution >= 0.6 is 15.9 Å². The molecule has 0 saturated carbocycles. The van der Waals surface area contributed by atoms with Gasteiger partial charge in [0.25, 0.3) is 10.0 Å². The van der Waals surface area contributed by atoms with Gasteiger partial charge in [0, 0.05) is 16.9 Å². The Morgan fingerprint density at radius 2 is 1.96 bits per heavy atom. The summed E-state index contributed by atoms with van der Waals surface area (Å²) >= 11 is 3.37. The van der Waals surface area contributed by atoms with E-state index in [1.54, 1.807) is 36.0 Å². The summed E-state index contributed by atoms with van der Waals surface area (Å²) in [6, 6.07) is 6.64. The van der Waals surface area contributed by atoms with E-state index in [2.05, 4.69) is 30.7 Å². The van der Waals surface area contributed by atoms with Crippen LogP contribution in [-0.2, 0) is 17.1 Å². The maximum absolute atomic E-state index is 12.5. The van der Waals surface area contributed by atoms with Gasteiger partial charge in [-0.25, -0.2) is 13.4 Å². The first kappa shape index (κ1) is 15.9. The molecule has 0 aliphatic carbocycles. The van der Waals surface area contributed by atoms with Crippen LogP contribution in [0.2, 0.25) is 0 Å². The number of aromatic nitrogens is 3. The number of hydrogen-bond acceptors (Lipinski definition) is 4. The quantitative estimate of drug-likeness (QED) is 0.739. The zero-order chi connectivity index (χ0) is 16.8. The normalized spacial score (nSPS) is 11.8. The Bertz CT molecular complexity index is 1010. The summed E-state index contributed by atoms with van der Waals surface area (Å²) < 4.78 is 30.1. The number of fused-ring (bicyclic) bond motifs is 1. The van der Waals surface area contributed by atoms with Crippen molar-refractivity contribution in [1.29, 1.82) is 0 Å². The highest BCUT2D eigenvalue weighted by Gasteiger charge is 2.16. The Labute approximate surface area is 142 Å². The third-order valence-corrected chi connectivity index (χ3v) is 5.82. The fourth-order valence-corrected chi connectivity index (χ4v) is 3.73. The average Bonchev–Trinajstić information content (AvgIpc) is 2.76. The number of hydrogen-bond donors (Lipinski definition) is 1. The van der Waals surface area contributed by atoms with Crippen LogP contribution in [-0.4, -0.2) is 23.2 Å². The van der Waals surface area contributed by atoms with E-state index < -0.39 is 10.0 Å². The van der Waals surface area contributed by atoms with Crippen LogP contribution in [0.15, 0.2) is 39.8 Å². The fourth-order valence-electron chi connectivity index (χ4n) is 2.36. The number of anilines is 1. The summed E-state index contributed by atoms with van der Waals surface area (Å²) in [7, 11) is -1.86. The molecule has 23 heavy (non-hydrogen) atoms. The molecule has 2 heterocycles. The monoisotopic (exact) mass is 394 g/mol. The predicted molar refractivity (Wildman–Crippen MR) is 92.9 cm³/mol. The van der Waals surface area contributed by atoms with Gasteiger partial charge in [-0.15, -0.1) is 0 Å². The Morgan fingerprint density at radius 3 is 2.65 bits per heavy atom. The van der Waals surface area contributed by atoms with Gasteiger partial charge in [-0.05, 0) is 43.7 Å². The van der Waals surface area contributed by atoms with E-state index in [0.717, 1.165) is 21.1 Å². The lowest BCUT2D eigenvalue weighted by atomic mass is 10.2. The van der Waals surface area contributed by atoms with Crippen molar-refractivity contribution >= 4 is 42.7 Å². The molecule has 0 amide bonds. The third-order valence-electron chi connectivity index (χ3n) is 3.55. The summed E-state index contributed by atoms with van der Waals surface area (Å²) in [5.41, 5.74) is 2.78. The number of sulfonamides is 1. The van der Waals surface area contributed by atoms with Gasteiger partial charge in [0.1, 0.15) is 0 Å². The first-order valence-corrected chi connectivity index (χ1v) is 9.14. The minimum atomic E-state index is -3.67. The van der Waals surface area contributed by atoms with E-state index in [1.807, 2.05) is 13.8 Å². The molecule has 0 spiro atoms. The number of benzene rings is 1. The summed E-state index contributed by atoms with van der Waals surface area (Å²) in [5.74, 6) is 0. The minimum Gasteiger partial charge on any atom is -0.278 e. The van der Waals surface area contributed by atoms with Gasteiger partial charge >= 0.3 is 0 Å². The number of nitrogens with zero attached hydrogens (tertiary/aromatic N) is 3. The molecule has 0 saturated heterocycles. The fraction of sp³-hybridized carbons (Fsp3) is 0.200. The molecule has 0 aliphatic rings. The van der Waals surface area contributed by atoms with Crippen molar-refractivity contribution in [1.82, 2.24) is 14.8 Å². The number of rotatable bonds is 3. The number of aryl methyl sites for hydroxylation is 3. The van der Waals surface area contributed by atoms with Gasteiger partial charge in [0.15, 0.2) is 5.65 Å². The first-order chi connectivity index (χ1) is 10.8. The lowest BCUT2D eigenvalue weighted by Crippen LogP contribution is -2.13.